The predicted octanol–water partition coefficient (Wildman–Crippen LogP) is 3.29. The topological polar surface area (TPSA) is 114 Å². The van der Waals surface area contributed by atoms with Crippen molar-refractivity contribution in [3.63, 3.8) is 0 Å². The molecule has 0 saturated carbocycles. The minimum Gasteiger partial charge on any atom is -0.481 e. The van der Waals surface area contributed by atoms with Gasteiger partial charge in [0.2, 0.25) is 11.0 Å². The zero-order valence-corrected chi connectivity index (χ0v) is 19.9. The highest BCUT2D eigenvalue weighted by atomic mass is 16.7. The summed E-state index contributed by atoms with van der Waals surface area (Å²) in [6.45, 7) is -0.398. The van der Waals surface area contributed by atoms with E-state index in [4.69, 9.17) is 9.57 Å². The molecular weight excluding hydrogens is 476 g/mol. The number of nitrogens with zero attached hydrogens (tertiary/aromatic N) is 2. The van der Waals surface area contributed by atoms with Crippen LogP contribution in [0.2, 0.25) is 0 Å². The van der Waals surface area contributed by atoms with Crippen molar-refractivity contribution in [1.82, 2.24) is 5.06 Å². The Kier molecular flexibility index (Phi) is 6.37. The maximum Gasteiger partial charge on any atom is 0.345 e. The average Bonchev–Trinajstić information content (AvgIpc) is 3.22. The van der Waals surface area contributed by atoms with Crippen LogP contribution >= 0.6 is 0 Å². The fraction of sp³-hybridized carbons (Fsp3) is 0.179. The van der Waals surface area contributed by atoms with Crippen LogP contribution in [-0.2, 0) is 26.3 Å². The molecule has 1 N–H and O–H groups in total. The van der Waals surface area contributed by atoms with Crippen molar-refractivity contribution in [3.8, 4) is 5.75 Å². The Morgan fingerprint density at radius 2 is 1.43 bits per heavy atom. The second-order valence-electron chi connectivity index (χ2n) is 8.70. The number of hydrogen-bond donors (Lipinski definition) is 1. The van der Waals surface area contributed by atoms with Crippen molar-refractivity contribution in [3.05, 3.63) is 83.9 Å². The molecule has 1 unspecified atom stereocenters. The Hall–Kier alpha value is -4.63. The van der Waals surface area contributed by atoms with E-state index >= 15 is 0 Å². The van der Waals surface area contributed by atoms with Crippen LogP contribution in [0.15, 0.2) is 72.8 Å². The molecule has 0 spiro atoms. The van der Waals surface area contributed by atoms with Gasteiger partial charge in [-0.15, -0.1) is 0 Å². The molecule has 5 rings (SSSR count). The maximum atomic E-state index is 13.4. The third-order valence-corrected chi connectivity index (χ3v) is 6.44. The zero-order valence-electron chi connectivity index (χ0n) is 19.9. The van der Waals surface area contributed by atoms with Crippen molar-refractivity contribution in [2.45, 2.75) is 18.8 Å². The highest BCUT2D eigenvalue weighted by Gasteiger charge is 2.32. The lowest BCUT2D eigenvalue weighted by molar-refractivity contribution is -0.617. The molecule has 1 atom stereocenters. The van der Waals surface area contributed by atoms with Gasteiger partial charge in [-0.3, -0.25) is 19.2 Å². The summed E-state index contributed by atoms with van der Waals surface area (Å²) in [4.78, 5) is 53.9. The second-order valence-corrected chi connectivity index (χ2v) is 8.70. The number of ether oxygens (including phenoxy) is 1. The summed E-state index contributed by atoms with van der Waals surface area (Å²) in [5.74, 6) is -3.60. The lowest BCUT2D eigenvalue weighted by Crippen LogP contribution is -2.32. The van der Waals surface area contributed by atoms with Crippen molar-refractivity contribution >= 4 is 45.6 Å². The van der Waals surface area contributed by atoms with E-state index in [2.05, 4.69) is 0 Å². The van der Waals surface area contributed by atoms with Gasteiger partial charge in [0.05, 0.1) is 22.9 Å². The number of hydroxylamine groups is 2. The number of aryl methyl sites for hydroxylation is 1. The van der Waals surface area contributed by atoms with Gasteiger partial charge in [0.25, 0.3) is 11.8 Å². The van der Waals surface area contributed by atoms with Crippen molar-refractivity contribution in [2.24, 2.45) is 7.05 Å². The first-order valence-corrected chi connectivity index (χ1v) is 11.7. The number of carbonyl (C=O) groups is 4. The number of amides is 2. The number of carboxylic acids is 1. The van der Waals surface area contributed by atoms with Crippen LogP contribution < -0.4 is 9.30 Å². The zero-order chi connectivity index (χ0) is 26.1. The number of rotatable bonds is 7. The first kappa shape index (κ1) is 24.1. The number of esters is 1. The summed E-state index contributed by atoms with van der Waals surface area (Å²) in [7, 11) is 1.94. The summed E-state index contributed by atoms with van der Waals surface area (Å²) in [6, 6.07) is 21.2. The van der Waals surface area contributed by atoms with Crippen molar-refractivity contribution < 1.29 is 38.4 Å². The third kappa shape index (κ3) is 4.52. The molecule has 1 aromatic heterocycles. The predicted molar refractivity (Wildman–Crippen MR) is 131 cm³/mol. The van der Waals surface area contributed by atoms with E-state index in [1.54, 1.807) is 0 Å². The molecule has 4 aromatic rings. The van der Waals surface area contributed by atoms with Gasteiger partial charge >= 0.3 is 11.9 Å². The van der Waals surface area contributed by atoms with Crippen LogP contribution in [0.4, 0.5) is 0 Å². The molecule has 1 aliphatic heterocycles. The van der Waals surface area contributed by atoms with E-state index in [-0.39, 0.29) is 18.6 Å². The Bertz CT molecular complexity index is 1490. The van der Waals surface area contributed by atoms with Gasteiger partial charge in [-0.2, -0.15) is 9.63 Å². The number of fused-ring (bicyclic) bond motifs is 2. The summed E-state index contributed by atoms with van der Waals surface area (Å²) in [5.41, 5.74) is 2.56. The molecule has 1 aliphatic rings. The number of carboxylic acid groups (broad SMARTS) is 1. The summed E-state index contributed by atoms with van der Waals surface area (Å²) < 4.78 is 7.72. The van der Waals surface area contributed by atoms with E-state index < -0.39 is 36.3 Å². The molecule has 37 heavy (non-hydrogen) atoms. The summed E-state index contributed by atoms with van der Waals surface area (Å²) in [5, 5.41) is 11.8. The highest BCUT2D eigenvalue weighted by molar-refractivity contribution is 6.13. The van der Waals surface area contributed by atoms with E-state index in [0.29, 0.717) is 16.2 Å². The molecule has 2 heterocycles. The van der Waals surface area contributed by atoms with Gasteiger partial charge in [0.15, 0.2) is 0 Å². The smallest absolute Gasteiger partial charge is 0.345 e. The number of imide groups is 1. The quantitative estimate of drug-likeness (QED) is 0.136. The van der Waals surface area contributed by atoms with Gasteiger partial charge in [0, 0.05) is 25.0 Å². The van der Waals surface area contributed by atoms with Crippen LogP contribution in [0.5, 0.6) is 5.75 Å². The molecule has 0 aliphatic carbocycles. The normalized spacial score (nSPS) is 14.4. The molecule has 1 fully saturated rings. The number of carbonyl (C=O) groups excluding carboxylic acids is 3. The van der Waals surface area contributed by atoms with Crippen molar-refractivity contribution in [2.75, 3.05) is 6.61 Å². The molecular formula is C28H23N2O7+. The number of pyridine rings is 1. The monoisotopic (exact) mass is 499 g/mol. The third-order valence-electron chi connectivity index (χ3n) is 6.44. The highest BCUT2D eigenvalue weighted by Crippen LogP contribution is 2.27. The second kappa shape index (κ2) is 9.79. The first-order valence-electron chi connectivity index (χ1n) is 11.7. The van der Waals surface area contributed by atoms with Crippen LogP contribution in [-0.4, -0.2) is 40.5 Å². The molecule has 9 nitrogen and oxygen atoms in total. The number of hydrogen-bond acceptors (Lipinski definition) is 6. The fourth-order valence-electron chi connectivity index (χ4n) is 4.54. The molecule has 186 valence electrons. The molecule has 9 heteroatoms. The van der Waals surface area contributed by atoms with Crippen LogP contribution in [0, 0.1) is 0 Å². The van der Waals surface area contributed by atoms with E-state index in [1.807, 2.05) is 60.1 Å². The Labute approximate surface area is 211 Å². The van der Waals surface area contributed by atoms with Gasteiger partial charge < -0.3 is 9.84 Å². The molecule has 0 bridgehead atoms. The lowest BCUT2D eigenvalue weighted by Gasteiger charge is -2.18. The number of aromatic nitrogens is 1. The molecule has 2 amide bonds. The Morgan fingerprint density at radius 3 is 1.97 bits per heavy atom. The lowest BCUT2D eigenvalue weighted by atomic mass is 10.00. The molecule has 0 radical (unpaired) electrons. The summed E-state index contributed by atoms with van der Waals surface area (Å²) in [6.07, 6.45) is 0.0851. The Morgan fingerprint density at radius 1 is 0.892 bits per heavy atom. The standard InChI is InChI=1S/C28H22N2O7/c1-29-22-8-4-2-6-19(22)26(20-7-3-5-9-23(20)29)28(35)37-18-12-10-17(11-13-18)21(27(33)34)16-36-30-24(31)14-15-25(30)32/h2-13,21H,14-16H2,1H3/p+1. The van der Waals surface area contributed by atoms with Gasteiger partial charge in [0.1, 0.15) is 18.7 Å². The minimum atomic E-state index is -1.18. The van der Waals surface area contributed by atoms with E-state index in [9.17, 15) is 24.3 Å². The van der Waals surface area contributed by atoms with Crippen LogP contribution in [0.25, 0.3) is 21.8 Å². The van der Waals surface area contributed by atoms with E-state index in [1.165, 1.54) is 24.3 Å². The van der Waals surface area contributed by atoms with Gasteiger partial charge in [-0.05, 0) is 29.8 Å². The van der Waals surface area contributed by atoms with Gasteiger partial charge in [-0.1, -0.05) is 36.4 Å². The first-order chi connectivity index (χ1) is 17.8. The number of para-hydroxylation sites is 2. The number of benzene rings is 3. The van der Waals surface area contributed by atoms with Gasteiger partial charge in [-0.25, -0.2) is 4.79 Å². The summed E-state index contributed by atoms with van der Waals surface area (Å²) >= 11 is 0. The molecule has 3 aromatic carbocycles. The fourth-order valence-corrected chi connectivity index (χ4v) is 4.54. The number of aliphatic carboxylic acids is 1. The molecule has 1 saturated heterocycles. The average molecular weight is 499 g/mol. The largest absolute Gasteiger partial charge is 0.481 e. The minimum absolute atomic E-state index is 0.0425. The van der Waals surface area contributed by atoms with Crippen molar-refractivity contribution in [1.29, 1.82) is 0 Å². The van der Waals surface area contributed by atoms with Crippen LogP contribution in [0.1, 0.15) is 34.7 Å². The van der Waals surface area contributed by atoms with Crippen LogP contribution in [0.3, 0.4) is 0 Å². The SMILES string of the molecule is C[n+]1c2ccccc2c(C(=O)Oc2ccc(C(CON3C(=O)CCC3=O)C(=O)O)cc2)c2ccccc21. The Balaban J connectivity index is 1.39. The maximum absolute atomic E-state index is 13.4. The van der Waals surface area contributed by atoms with E-state index in [0.717, 1.165) is 21.8 Å².